The van der Waals surface area contributed by atoms with E-state index in [1.807, 2.05) is 13.8 Å². The normalized spacial score (nSPS) is 21.2. The number of aromatic nitrogens is 1. The van der Waals surface area contributed by atoms with E-state index in [4.69, 9.17) is 17.3 Å². The molecule has 3 heterocycles. The van der Waals surface area contributed by atoms with E-state index < -0.39 is 5.91 Å². The number of amides is 3. The van der Waals surface area contributed by atoms with E-state index in [1.165, 1.54) is 19.0 Å². The largest absolute Gasteiger partial charge is 0.366 e. The summed E-state index contributed by atoms with van der Waals surface area (Å²) in [6, 6.07) is 2.09. The second kappa shape index (κ2) is 9.65. The quantitative estimate of drug-likeness (QED) is 0.779. The molecule has 8 heteroatoms. The van der Waals surface area contributed by atoms with Crippen LogP contribution in [0.25, 0.3) is 0 Å². The molecule has 3 N–H and O–H groups in total. The predicted octanol–water partition coefficient (Wildman–Crippen LogP) is 3.41. The molecule has 3 amide bonds. The molecule has 2 aliphatic heterocycles. The summed E-state index contributed by atoms with van der Waals surface area (Å²) < 4.78 is 0. The first-order valence-electron chi connectivity index (χ1n) is 10.6. The van der Waals surface area contributed by atoms with Gasteiger partial charge in [-0.05, 0) is 51.5 Å². The summed E-state index contributed by atoms with van der Waals surface area (Å²) >= 11 is 6.35. The summed E-state index contributed by atoms with van der Waals surface area (Å²) in [7, 11) is 0. The van der Waals surface area contributed by atoms with Crippen LogP contribution in [-0.4, -0.2) is 53.5 Å². The fourth-order valence-corrected chi connectivity index (χ4v) is 4.79. The van der Waals surface area contributed by atoms with Crippen molar-refractivity contribution in [3.05, 3.63) is 22.8 Å². The molecule has 2 aliphatic rings. The number of primary amides is 1. The van der Waals surface area contributed by atoms with Gasteiger partial charge in [0, 0.05) is 37.9 Å². The van der Waals surface area contributed by atoms with Crippen LogP contribution in [0.1, 0.15) is 62.7 Å². The molecule has 2 fully saturated rings. The number of hydrogen-bond donors (Lipinski definition) is 2. The van der Waals surface area contributed by atoms with E-state index in [0.717, 1.165) is 45.3 Å². The fourth-order valence-electron chi connectivity index (χ4n) is 4.50. The van der Waals surface area contributed by atoms with Crippen LogP contribution >= 0.6 is 11.6 Å². The first kappa shape index (κ1) is 21.7. The zero-order valence-electron chi connectivity index (χ0n) is 17.4. The standard InChI is InChI=1S/C21H32ClN5O2/c1-14(2)25-21(29)27-9-5-3-4-6-18(27)15-7-10-26(11-8-15)20-17(22)12-16(13-24-20)19(23)28/h12-15,18H,3-11H2,1-2H3,(H2,23,28)(H,25,29)/t18-/m1/s1. The van der Waals surface area contributed by atoms with E-state index in [-0.39, 0.29) is 12.1 Å². The molecule has 0 unspecified atom stereocenters. The minimum Gasteiger partial charge on any atom is -0.366 e. The first-order valence-corrected chi connectivity index (χ1v) is 11.0. The lowest BCUT2D eigenvalue weighted by atomic mass is 9.86. The highest BCUT2D eigenvalue weighted by molar-refractivity contribution is 6.33. The van der Waals surface area contributed by atoms with Gasteiger partial charge in [-0.3, -0.25) is 4.79 Å². The maximum Gasteiger partial charge on any atom is 0.317 e. The van der Waals surface area contributed by atoms with Crippen molar-refractivity contribution >= 4 is 29.4 Å². The van der Waals surface area contributed by atoms with Gasteiger partial charge in [-0.15, -0.1) is 0 Å². The van der Waals surface area contributed by atoms with Crippen molar-refractivity contribution in [2.24, 2.45) is 11.7 Å². The van der Waals surface area contributed by atoms with E-state index in [0.29, 0.717) is 28.4 Å². The minimum absolute atomic E-state index is 0.0704. The zero-order chi connectivity index (χ0) is 21.0. The summed E-state index contributed by atoms with van der Waals surface area (Å²) in [5, 5.41) is 3.53. The summed E-state index contributed by atoms with van der Waals surface area (Å²) in [6.45, 7) is 6.52. The van der Waals surface area contributed by atoms with Crippen LogP contribution in [0.4, 0.5) is 10.6 Å². The number of carbonyl (C=O) groups is 2. The van der Waals surface area contributed by atoms with Crippen molar-refractivity contribution < 1.29 is 9.59 Å². The maximum absolute atomic E-state index is 12.8. The SMILES string of the molecule is CC(C)NC(=O)N1CCCCC[C@@H]1C1CCN(c2ncc(C(N)=O)cc2Cl)CC1. The Labute approximate surface area is 178 Å². The molecule has 0 bridgehead atoms. The van der Waals surface area contributed by atoms with Gasteiger partial charge >= 0.3 is 6.03 Å². The number of nitrogens with one attached hydrogen (secondary N) is 1. The fraction of sp³-hybridized carbons (Fsp3) is 0.667. The maximum atomic E-state index is 12.8. The molecule has 0 aliphatic carbocycles. The highest BCUT2D eigenvalue weighted by Gasteiger charge is 2.34. The van der Waals surface area contributed by atoms with E-state index in [2.05, 4.69) is 20.1 Å². The Morgan fingerprint density at radius 3 is 2.52 bits per heavy atom. The molecule has 160 valence electrons. The number of carbonyl (C=O) groups excluding carboxylic acids is 2. The van der Waals surface area contributed by atoms with Crippen molar-refractivity contribution in [1.82, 2.24) is 15.2 Å². The summed E-state index contributed by atoms with van der Waals surface area (Å²) in [4.78, 5) is 32.7. The summed E-state index contributed by atoms with van der Waals surface area (Å²) in [5.74, 6) is 0.647. The summed E-state index contributed by atoms with van der Waals surface area (Å²) in [6.07, 6.45) is 7.98. The van der Waals surface area contributed by atoms with Crippen LogP contribution in [0.15, 0.2) is 12.3 Å². The van der Waals surface area contributed by atoms with Crippen LogP contribution in [0, 0.1) is 5.92 Å². The molecule has 0 spiro atoms. The number of pyridine rings is 1. The Balaban J connectivity index is 1.66. The molecule has 0 radical (unpaired) electrons. The Kier molecular flexibility index (Phi) is 7.22. The number of nitrogens with zero attached hydrogens (tertiary/aromatic N) is 3. The Morgan fingerprint density at radius 2 is 1.90 bits per heavy atom. The van der Waals surface area contributed by atoms with Crippen molar-refractivity contribution in [2.75, 3.05) is 24.5 Å². The second-order valence-corrected chi connectivity index (χ2v) is 8.84. The van der Waals surface area contributed by atoms with E-state index >= 15 is 0 Å². The number of piperidine rings is 1. The highest BCUT2D eigenvalue weighted by Crippen LogP contribution is 2.33. The number of halogens is 1. The second-order valence-electron chi connectivity index (χ2n) is 8.43. The third-order valence-electron chi connectivity index (χ3n) is 5.96. The molecule has 29 heavy (non-hydrogen) atoms. The molecular weight excluding hydrogens is 390 g/mol. The van der Waals surface area contributed by atoms with Crippen molar-refractivity contribution in [3.8, 4) is 0 Å². The highest BCUT2D eigenvalue weighted by atomic mass is 35.5. The summed E-state index contributed by atoms with van der Waals surface area (Å²) in [5.41, 5.74) is 5.62. The van der Waals surface area contributed by atoms with Crippen molar-refractivity contribution in [2.45, 2.75) is 64.5 Å². The van der Waals surface area contributed by atoms with Crippen LogP contribution < -0.4 is 16.0 Å². The average Bonchev–Trinajstić information content (AvgIpc) is 2.93. The van der Waals surface area contributed by atoms with Crippen LogP contribution in [-0.2, 0) is 0 Å². The van der Waals surface area contributed by atoms with Gasteiger partial charge in [0.15, 0.2) is 0 Å². The number of urea groups is 1. The molecule has 1 aromatic heterocycles. The van der Waals surface area contributed by atoms with Gasteiger partial charge in [-0.1, -0.05) is 24.4 Å². The van der Waals surface area contributed by atoms with Crippen LogP contribution in [0.5, 0.6) is 0 Å². The Hall–Kier alpha value is -2.02. The first-order chi connectivity index (χ1) is 13.9. The monoisotopic (exact) mass is 421 g/mol. The molecular formula is C21H32ClN5O2. The van der Waals surface area contributed by atoms with E-state index in [1.54, 1.807) is 6.07 Å². The average molecular weight is 422 g/mol. The lowest BCUT2D eigenvalue weighted by Crippen LogP contribution is -2.52. The number of anilines is 1. The zero-order valence-corrected chi connectivity index (χ0v) is 18.1. The van der Waals surface area contributed by atoms with Gasteiger partial charge in [0.25, 0.3) is 0 Å². The molecule has 1 aromatic rings. The smallest absolute Gasteiger partial charge is 0.317 e. The third kappa shape index (κ3) is 5.32. The minimum atomic E-state index is -0.530. The Morgan fingerprint density at radius 1 is 1.17 bits per heavy atom. The molecule has 0 saturated carbocycles. The van der Waals surface area contributed by atoms with Crippen molar-refractivity contribution in [1.29, 1.82) is 0 Å². The molecule has 0 aromatic carbocycles. The molecule has 7 nitrogen and oxygen atoms in total. The number of rotatable bonds is 4. The molecule has 3 rings (SSSR count). The van der Waals surface area contributed by atoms with E-state index in [9.17, 15) is 9.59 Å². The van der Waals surface area contributed by atoms with Gasteiger partial charge in [0.05, 0.1) is 10.6 Å². The van der Waals surface area contributed by atoms with Gasteiger partial charge in [0.2, 0.25) is 5.91 Å². The van der Waals surface area contributed by atoms with Crippen LogP contribution in [0.3, 0.4) is 0 Å². The van der Waals surface area contributed by atoms with Crippen molar-refractivity contribution in [3.63, 3.8) is 0 Å². The van der Waals surface area contributed by atoms with Crippen LogP contribution in [0.2, 0.25) is 5.02 Å². The van der Waals surface area contributed by atoms with Gasteiger partial charge in [0.1, 0.15) is 5.82 Å². The molecule has 1 atom stereocenters. The topological polar surface area (TPSA) is 91.6 Å². The van der Waals surface area contributed by atoms with Gasteiger partial charge < -0.3 is 20.9 Å². The molecule has 2 saturated heterocycles. The number of nitrogens with two attached hydrogens (primary N) is 1. The number of hydrogen-bond acceptors (Lipinski definition) is 4. The van der Waals surface area contributed by atoms with Gasteiger partial charge in [-0.2, -0.15) is 0 Å². The lowest BCUT2D eigenvalue weighted by Gasteiger charge is -2.41. The predicted molar refractivity (Wildman–Crippen MR) is 115 cm³/mol. The van der Waals surface area contributed by atoms with Gasteiger partial charge in [-0.25, -0.2) is 9.78 Å². The Bertz CT molecular complexity index is 734. The lowest BCUT2D eigenvalue weighted by molar-refractivity contribution is 0.1000. The third-order valence-corrected chi connectivity index (χ3v) is 6.24. The number of likely N-dealkylation sites (tertiary alicyclic amines) is 1.